The lowest BCUT2D eigenvalue weighted by molar-refractivity contribution is 0.159. The number of likely N-dealkylation sites (N-methyl/N-ethyl adjacent to an activating group) is 1. The number of likely N-dealkylation sites (tertiary alicyclic amines) is 1. The number of piperidine rings is 1. The monoisotopic (exact) mass is 355 g/mol. The summed E-state index contributed by atoms with van der Waals surface area (Å²) in [5.74, 6) is 2.40. The second-order valence-corrected chi connectivity index (χ2v) is 7.69. The van der Waals surface area contributed by atoms with Gasteiger partial charge >= 0.3 is 0 Å². The fraction of sp³-hybridized carbons (Fsp3) is 0.947. The first kappa shape index (κ1) is 22.2. The maximum Gasteiger partial charge on any atom is 0.191 e. The second-order valence-electron chi connectivity index (χ2n) is 7.69. The van der Waals surface area contributed by atoms with Crippen LogP contribution in [0, 0.1) is 11.8 Å². The molecule has 1 atom stereocenters. The van der Waals surface area contributed by atoms with Crippen molar-refractivity contribution >= 4 is 5.96 Å². The van der Waals surface area contributed by atoms with Gasteiger partial charge in [-0.2, -0.15) is 0 Å². The highest BCUT2D eigenvalue weighted by molar-refractivity contribution is 5.79. The van der Waals surface area contributed by atoms with Crippen LogP contribution < -0.4 is 10.6 Å². The van der Waals surface area contributed by atoms with E-state index < -0.39 is 0 Å². The van der Waals surface area contributed by atoms with Crippen molar-refractivity contribution in [3.8, 4) is 0 Å². The Kier molecular flexibility index (Phi) is 11.9. The molecule has 0 radical (unpaired) electrons. The first-order valence-electron chi connectivity index (χ1n) is 9.89. The molecule has 0 spiro atoms. The van der Waals surface area contributed by atoms with E-state index in [4.69, 9.17) is 4.74 Å². The molecule has 0 amide bonds. The Morgan fingerprint density at radius 1 is 1.32 bits per heavy atom. The molecule has 148 valence electrons. The molecule has 0 bridgehead atoms. The number of ether oxygens (including phenoxy) is 1. The largest absolute Gasteiger partial charge is 0.385 e. The maximum absolute atomic E-state index is 5.10. The molecule has 6 heteroatoms. The summed E-state index contributed by atoms with van der Waals surface area (Å²) in [5, 5.41) is 6.94. The lowest BCUT2D eigenvalue weighted by Gasteiger charge is -2.34. The Morgan fingerprint density at radius 2 is 2.12 bits per heavy atom. The van der Waals surface area contributed by atoms with Gasteiger partial charge in [-0.3, -0.25) is 4.99 Å². The van der Waals surface area contributed by atoms with E-state index in [-0.39, 0.29) is 0 Å². The molecule has 1 unspecified atom stereocenters. The van der Waals surface area contributed by atoms with Crippen molar-refractivity contribution in [2.75, 3.05) is 73.6 Å². The highest BCUT2D eigenvalue weighted by atomic mass is 16.5. The molecule has 2 N–H and O–H groups in total. The fourth-order valence-electron chi connectivity index (χ4n) is 3.42. The predicted octanol–water partition coefficient (Wildman–Crippen LogP) is 1.49. The van der Waals surface area contributed by atoms with Crippen LogP contribution in [0.2, 0.25) is 0 Å². The van der Waals surface area contributed by atoms with Crippen molar-refractivity contribution in [1.82, 2.24) is 20.4 Å². The lowest BCUT2D eigenvalue weighted by Crippen LogP contribution is -2.46. The quantitative estimate of drug-likeness (QED) is 0.334. The van der Waals surface area contributed by atoms with E-state index in [0.717, 1.165) is 57.0 Å². The summed E-state index contributed by atoms with van der Waals surface area (Å²) in [7, 11) is 5.76. The van der Waals surface area contributed by atoms with Gasteiger partial charge in [-0.15, -0.1) is 0 Å². The Bertz CT molecular complexity index is 362. The molecular formula is C19H41N5O. The summed E-state index contributed by atoms with van der Waals surface area (Å²) >= 11 is 0. The first-order chi connectivity index (χ1) is 12.0. The number of hydrogen-bond donors (Lipinski definition) is 2. The van der Waals surface area contributed by atoms with Gasteiger partial charge in [-0.25, -0.2) is 0 Å². The lowest BCUT2D eigenvalue weighted by atomic mass is 9.97. The first-order valence-corrected chi connectivity index (χ1v) is 9.89. The number of nitrogens with zero attached hydrogens (tertiary/aromatic N) is 3. The number of methoxy groups -OCH3 is 1. The van der Waals surface area contributed by atoms with E-state index in [1.807, 2.05) is 7.05 Å². The van der Waals surface area contributed by atoms with Gasteiger partial charge in [0.1, 0.15) is 0 Å². The highest BCUT2D eigenvalue weighted by Gasteiger charge is 2.20. The van der Waals surface area contributed by atoms with Crippen molar-refractivity contribution in [1.29, 1.82) is 0 Å². The van der Waals surface area contributed by atoms with Crippen molar-refractivity contribution < 1.29 is 4.74 Å². The summed E-state index contributed by atoms with van der Waals surface area (Å²) in [6.45, 7) is 13.1. The molecule has 1 aliphatic heterocycles. The van der Waals surface area contributed by atoms with Gasteiger partial charge in [0.15, 0.2) is 5.96 Å². The number of aliphatic imine (C=N–C) groups is 1. The molecule has 1 saturated heterocycles. The van der Waals surface area contributed by atoms with E-state index in [1.165, 1.54) is 32.5 Å². The van der Waals surface area contributed by atoms with Crippen LogP contribution in [0.3, 0.4) is 0 Å². The van der Waals surface area contributed by atoms with Crippen molar-refractivity contribution in [3.63, 3.8) is 0 Å². The van der Waals surface area contributed by atoms with E-state index >= 15 is 0 Å². The Morgan fingerprint density at radius 3 is 2.80 bits per heavy atom. The molecule has 0 aromatic heterocycles. The number of guanidine groups is 1. The third-order valence-electron chi connectivity index (χ3n) is 4.68. The molecule has 1 fully saturated rings. The van der Waals surface area contributed by atoms with Crippen LogP contribution in [0.15, 0.2) is 4.99 Å². The van der Waals surface area contributed by atoms with Crippen LogP contribution in [-0.4, -0.2) is 89.4 Å². The van der Waals surface area contributed by atoms with Gasteiger partial charge in [-0.1, -0.05) is 13.8 Å². The Labute approximate surface area is 155 Å². The van der Waals surface area contributed by atoms with Crippen LogP contribution in [0.5, 0.6) is 0 Å². The summed E-state index contributed by atoms with van der Waals surface area (Å²) in [4.78, 5) is 9.29. The van der Waals surface area contributed by atoms with E-state index in [9.17, 15) is 0 Å². The predicted molar refractivity (Wildman–Crippen MR) is 107 cm³/mol. The molecule has 0 saturated carbocycles. The topological polar surface area (TPSA) is 52.1 Å². The Hall–Kier alpha value is -0.850. The van der Waals surface area contributed by atoms with Gasteiger partial charge < -0.3 is 25.2 Å². The van der Waals surface area contributed by atoms with Crippen LogP contribution in [0.1, 0.15) is 33.1 Å². The molecule has 1 rings (SSSR count). The van der Waals surface area contributed by atoms with Gasteiger partial charge in [0.25, 0.3) is 0 Å². The summed E-state index contributed by atoms with van der Waals surface area (Å²) in [6.07, 6.45) is 3.72. The van der Waals surface area contributed by atoms with Gasteiger partial charge in [0.05, 0.1) is 0 Å². The summed E-state index contributed by atoms with van der Waals surface area (Å²) in [6, 6.07) is 0. The zero-order chi connectivity index (χ0) is 18.5. The third kappa shape index (κ3) is 10.7. The molecule has 0 aromatic rings. The van der Waals surface area contributed by atoms with Crippen LogP contribution in [0.4, 0.5) is 0 Å². The van der Waals surface area contributed by atoms with Gasteiger partial charge in [-0.05, 0) is 44.7 Å². The number of nitrogens with one attached hydrogen (secondary N) is 2. The van der Waals surface area contributed by atoms with Gasteiger partial charge in [0.2, 0.25) is 0 Å². The minimum Gasteiger partial charge on any atom is -0.385 e. The Balaban J connectivity index is 2.19. The molecule has 1 aliphatic rings. The third-order valence-corrected chi connectivity index (χ3v) is 4.68. The fourth-order valence-corrected chi connectivity index (χ4v) is 3.42. The second kappa shape index (κ2) is 13.4. The summed E-state index contributed by atoms with van der Waals surface area (Å²) < 4.78 is 5.10. The van der Waals surface area contributed by atoms with Crippen molar-refractivity contribution in [2.24, 2.45) is 16.8 Å². The molecule has 6 nitrogen and oxygen atoms in total. The van der Waals surface area contributed by atoms with E-state index in [0.29, 0.717) is 0 Å². The van der Waals surface area contributed by atoms with Gasteiger partial charge in [0, 0.05) is 60.0 Å². The highest BCUT2D eigenvalue weighted by Crippen LogP contribution is 2.16. The smallest absolute Gasteiger partial charge is 0.191 e. The molecule has 0 aromatic carbocycles. The minimum absolute atomic E-state index is 0.725. The van der Waals surface area contributed by atoms with Crippen LogP contribution >= 0.6 is 0 Å². The zero-order valence-corrected chi connectivity index (χ0v) is 17.2. The van der Waals surface area contributed by atoms with Crippen molar-refractivity contribution in [2.45, 2.75) is 33.1 Å². The van der Waals surface area contributed by atoms with Crippen LogP contribution in [-0.2, 0) is 4.74 Å². The molecule has 0 aliphatic carbocycles. The van der Waals surface area contributed by atoms with E-state index in [1.54, 1.807) is 7.11 Å². The average molecular weight is 356 g/mol. The minimum atomic E-state index is 0.725. The summed E-state index contributed by atoms with van der Waals surface area (Å²) in [5.41, 5.74) is 0. The molecular weight excluding hydrogens is 314 g/mol. The standard InChI is InChI=1S/C19H41N5O/c1-17(2)15-24-11-6-8-18(16-24)14-22-19(20-3)21-9-12-23(4)10-7-13-25-5/h17-18H,6-16H2,1-5H3,(H2,20,21,22). The SMILES string of the molecule is CN=C(NCCN(C)CCCOC)NCC1CCCN(CC(C)C)C1. The number of rotatable bonds is 11. The average Bonchev–Trinajstić information content (AvgIpc) is 2.58. The van der Waals surface area contributed by atoms with Crippen molar-refractivity contribution in [3.05, 3.63) is 0 Å². The molecule has 1 heterocycles. The molecule has 25 heavy (non-hydrogen) atoms. The maximum atomic E-state index is 5.10. The van der Waals surface area contributed by atoms with E-state index in [2.05, 4.69) is 46.3 Å². The number of hydrogen-bond acceptors (Lipinski definition) is 4. The normalized spacial score (nSPS) is 19.6. The zero-order valence-electron chi connectivity index (χ0n) is 17.2. The van der Waals surface area contributed by atoms with Crippen LogP contribution in [0.25, 0.3) is 0 Å².